The molecule has 1 N–H and O–H groups in total. The van der Waals surface area contributed by atoms with E-state index in [1.54, 1.807) is 0 Å². The molecule has 0 spiro atoms. The summed E-state index contributed by atoms with van der Waals surface area (Å²) in [5.74, 6) is 3.30. The molecule has 1 aliphatic rings. The predicted molar refractivity (Wildman–Crippen MR) is 86.4 cm³/mol. The first-order valence-corrected chi connectivity index (χ1v) is 8.11. The second-order valence-corrected chi connectivity index (χ2v) is 6.71. The molecule has 2 rings (SSSR count). The Hall–Kier alpha value is -1.18. The molecule has 0 bridgehead atoms. The van der Waals surface area contributed by atoms with Gasteiger partial charge >= 0.3 is 0 Å². The maximum atomic E-state index is 5.89. The summed E-state index contributed by atoms with van der Waals surface area (Å²) >= 11 is 0. The number of hydrogen-bond acceptors (Lipinski definition) is 2. The summed E-state index contributed by atoms with van der Waals surface area (Å²) in [6.07, 6.45) is 5.50. The lowest BCUT2D eigenvalue weighted by molar-refractivity contribution is 0.271. The molecule has 2 heteroatoms. The lowest BCUT2D eigenvalue weighted by atomic mass is 9.83. The molecule has 0 amide bonds. The van der Waals surface area contributed by atoms with E-state index >= 15 is 0 Å². The third kappa shape index (κ3) is 4.73. The molecule has 1 aromatic rings. The largest absolute Gasteiger partial charge is 0.491 e. The molecule has 0 atom stereocenters. The van der Waals surface area contributed by atoms with Crippen molar-refractivity contribution in [3.63, 3.8) is 0 Å². The number of ether oxygens (including phenoxy) is 1. The van der Waals surface area contributed by atoms with Crippen LogP contribution >= 0.6 is 0 Å². The summed E-state index contributed by atoms with van der Waals surface area (Å²) in [5, 5.41) is 3.60. The average molecular weight is 275 g/mol. The number of hydrogen-bond donors (Lipinski definition) is 1. The van der Waals surface area contributed by atoms with Crippen LogP contribution in [0.5, 0.6) is 5.75 Å². The molecule has 0 unspecified atom stereocenters. The smallest absolute Gasteiger partial charge is 0.142 e. The van der Waals surface area contributed by atoms with Gasteiger partial charge in [0.2, 0.25) is 0 Å². The highest BCUT2D eigenvalue weighted by Crippen LogP contribution is 2.30. The topological polar surface area (TPSA) is 21.3 Å². The molecule has 1 aliphatic carbocycles. The van der Waals surface area contributed by atoms with E-state index in [0.29, 0.717) is 5.92 Å². The van der Waals surface area contributed by atoms with Crippen LogP contribution in [0, 0.1) is 17.8 Å². The Labute approximate surface area is 123 Å². The molecule has 112 valence electrons. The molecule has 0 radical (unpaired) electrons. The van der Waals surface area contributed by atoms with Crippen LogP contribution in [-0.2, 0) is 0 Å². The fraction of sp³-hybridized carbons (Fsp3) is 0.667. The van der Waals surface area contributed by atoms with E-state index in [9.17, 15) is 0 Å². The van der Waals surface area contributed by atoms with Crippen molar-refractivity contribution in [3.8, 4) is 5.75 Å². The minimum absolute atomic E-state index is 0.558. The third-order valence-electron chi connectivity index (χ3n) is 4.18. The number of nitrogens with one attached hydrogen (secondary N) is 1. The van der Waals surface area contributed by atoms with Gasteiger partial charge < -0.3 is 10.1 Å². The predicted octanol–water partition coefficient (Wildman–Crippen LogP) is 4.96. The summed E-state index contributed by atoms with van der Waals surface area (Å²) in [5.41, 5.74) is 1.15. The Bertz CT molecular complexity index is 394. The van der Waals surface area contributed by atoms with Crippen LogP contribution in [-0.4, -0.2) is 13.2 Å². The van der Waals surface area contributed by atoms with Crippen molar-refractivity contribution in [2.75, 3.05) is 18.5 Å². The van der Waals surface area contributed by atoms with Crippen molar-refractivity contribution in [1.29, 1.82) is 0 Å². The van der Waals surface area contributed by atoms with Gasteiger partial charge in [-0.1, -0.05) is 45.7 Å². The highest BCUT2D eigenvalue weighted by molar-refractivity contribution is 5.56. The molecule has 0 aliphatic heterocycles. The zero-order valence-corrected chi connectivity index (χ0v) is 13.2. The quantitative estimate of drug-likeness (QED) is 0.792. The van der Waals surface area contributed by atoms with E-state index in [4.69, 9.17) is 4.74 Å². The van der Waals surface area contributed by atoms with Gasteiger partial charge in [0.25, 0.3) is 0 Å². The van der Waals surface area contributed by atoms with Gasteiger partial charge in [0, 0.05) is 6.54 Å². The van der Waals surface area contributed by atoms with Crippen LogP contribution in [0.1, 0.15) is 46.5 Å². The van der Waals surface area contributed by atoms with E-state index in [1.165, 1.54) is 25.7 Å². The zero-order chi connectivity index (χ0) is 14.4. The van der Waals surface area contributed by atoms with E-state index in [1.807, 2.05) is 6.07 Å². The van der Waals surface area contributed by atoms with Gasteiger partial charge in [-0.2, -0.15) is 0 Å². The molecule has 0 saturated heterocycles. The Kier molecular flexibility index (Phi) is 5.75. The van der Waals surface area contributed by atoms with Crippen LogP contribution in [0.4, 0.5) is 5.69 Å². The highest BCUT2D eigenvalue weighted by Gasteiger charge is 2.18. The lowest BCUT2D eigenvalue weighted by Gasteiger charge is -2.27. The number of anilines is 1. The SMILES string of the molecule is CC(C)COc1ccccc1NCC1CCC(C)CC1. The van der Waals surface area contributed by atoms with Gasteiger partial charge in [-0.15, -0.1) is 0 Å². The highest BCUT2D eigenvalue weighted by atomic mass is 16.5. The Morgan fingerprint density at radius 1 is 1.15 bits per heavy atom. The second-order valence-electron chi connectivity index (χ2n) is 6.71. The number of benzene rings is 1. The van der Waals surface area contributed by atoms with Gasteiger partial charge in [0.15, 0.2) is 0 Å². The normalized spacial score (nSPS) is 22.8. The van der Waals surface area contributed by atoms with Gasteiger partial charge in [-0.25, -0.2) is 0 Å². The van der Waals surface area contributed by atoms with Crippen molar-refractivity contribution in [1.82, 2.24) is 0 Å². The molecule has 1 fully saturated rings. The number of para-hydroxylation sites is 2. The molecule has 0 heterocycles. The van der Waals surface area contributed by atoms with Crippen molar-refractivity contribution in [3.05, 3.63) is 24.3 Å². The Morgan fingerprint density at radius 3 is 2.55 bits per heavy atom. The van der Waals surface area contributed by atoms with Crippen LogP contribution in [0.15, 0.2) is 24.3 Å². The molecule has 0 aromatic heterocycles. The van der Waals surface area contributed by atoms with Crippen molar-refractivity contribution in [2.24, 2.45) is 17.8 Å². The zero-order valence-electron chi connectivity index (χ0n) is 13.2. The molecule has 1 aromatic carbocycles. The lowest BCUT2D eigenvalue weighted by Crippen LogP contribution is -2.20. The van der Waals surface area contributed by atoms with E-state index in [-0.39, 0.29) is 0 Å². The summed E-state index contributed by atoms with van der Waals surface area (Å²) in [4.78, 5) is 0. The molecular weight excluding hydrogens is 246 g/mol. The van der Waals surface area contributed by atoms with Gasteiger partial charge in [-0.3, -0.25) is 0 Å². The first-order chi connectivity index (χ1) is 9.65. The molecule has 1 saturated carbocycles. The third-order valence-corrected chi connectivity index (χ3v) is 4.18. The monoisotopic (exact) mass is 275 g/mol. The fourth-order valence-corrected chi connectivity index (χ4v) is 2.78. The van der Waals surface area contributed by atoms with E-state index < -0.39 is 0 Å². The molecule has 20 heavy (non-hydrogen) atoms. The Morgan fingerprint density at radius 2 is 1.85 bits per heavy atom. The number of rotatable bonds is 6. The van der Waals surface area contributed by atoms with Crippen molar-refractivity contribution in [2.45, 2.75) is 46.5 Å². The minimum Gasteiger partial charge on any atom is -0.491 e. The first-order valence-electron chi connectivity index (χ1n) is 8.11. The first kappa shape index (κ1) is 15.2. The second kappa shape index (κ2) is 7.56. The van der Waals surface area contributed by atoms with Gasteiger partial charge in [-0.05, 0) is 42.7 Å². The summed E-state index contributed by atoms with van der Waals surface area (Å²) in [6.45, 7) is 8.59. The van der Waals surface area contributed by atoms with Crippen LogP contribution in [0.2, 0.25) is 0 Å². The van der Waals surface area contributed by atoms with E-state index in [2.05, 4.69) is 44.3 Å². The van der Waals surface area contributed by atoms with E-state index in [0.717, 1.165) is 36.4 Å². The van der Waals surface area contributed by atoms with Gasteiger partial charge in [0.1, 0.15) is 5.75 Å². The van der Waals surface area contributed by atoms with Crippen LogP contribution < -0.4 is 10.1 Å². The van der Waals surface area contributed by atoms with Crippen LogP contribution in [0.25, 0.3) is 0 Å². The molecular formula is C18H29NO. The Balaban J connectivity index is 1.85. The maximum absolute atomic E-state index is 5.89. The summed E-state index contributed by atoms with van der Waals surface area (Å²) in [7, 11) is 0. The molecule has 2 nitrogen and oxygen atoms in total. The fourth-order valence-electron chi connectivity index (χ4n) is 2.78. The van der Waals surface area contributed by atoms with Crippen LogP contribution in [0.3, 0.4) is 0 Å². The average Bonchev–Trinajstić information content (AvgIpc) is 2.45. The maximum Gasteiger partial charge on any atom is 0.142 e. The van der Waals surface area contributed by atoms with Crippen molar-refractivity contribution >= 4 is 5.69 Å². The van der Waals surface area contributed by atoms with Gasteiger partial charge in [0.05, 0.1) is 12.3 Å². The summed E-state index contributed by atoms with van der Waals surface area (Å²) < 4.78 is 5.89. The van der Waals surface area contributed by atoms with Crippen molar-refractivity contribution < 1.29 is 4.74 Å². The minimum atomic E-state index is 0.558. The standard InChI is InChI=1S/C18H29NO/c1-14(2)13-20-18-7-5-4-6-17(18)19-12-16-10-8-15(3)9-11-16/h4-7,14-16,19H,8-13H2,1-3H3. The summed E-state index contributed by atoms with van der Waals surface area (Å²) in [6, 6.07) is 8.31.